The van der Waals surface area contributed by atoms with E-state index in [1.54, 1.807) is 13.0 Å². The number of primary amides is 1. The maximum Gasteiger partial charge on any atom is 0.248 e. The van der Waals surface area contributed by atoms with Crippen LogP contribution in [0.25, 0.3) is 5.70 Å². The molecule has 2 aromatic carbocycles. The van der Waals surface area contributed by atoms with Crippen molar-refractivity contribution in [1.82, 2.24) is 20.4 Å². The van der Waals surface area contributed by atoms with E-state index < -0.39 is 11.3 Å². The third-order valence-electron chi connectivity index (χ3n) is 9.23. The molecule has 9 heteroatoms. The van der Waals surface area contributed by atoms with Gasteiger partial charge in [0.2, 0.25) is 17.7 Å². The number of likely N-dealkylation sites (tertiary alicyclic amines) is 1. The molecule has 1 saturated carbocycles. The zero-order valence-electron chi connectivity index (χ0n) is 24.2. The van der Waals surface area contributed by atoms with Gasteiger partial charge < -0.3 is 26.1 Å². The maximum atomic E-state index is 12.2. The molecular weight excluding hydrogens is 526 g/mol. The minimum absolute atomic E-state index is 0.0223. The number of benzene rings is 2. The van der Waals surface area contributed by atoms with Gasteiger partial charge in [0.25, 0.3) is 0 Å². The molecule has 2 heterocycles. The molecule has 9 nitrogen and oxygen atoms in total. The van der Waals surface area contributed by atoms with Crippen molar-refractivity contribution in [3.8, 4) is 6.07 Å². The molecule has 0 spiro atoms. The minimum atomic E-state index is -0.814. The SMILES string of the molecule is C=C(N)c1ccc2c(c1)CCc1cc(C(N)=O)ccc1C2(C[C@H](C)NCC(=C)N1C(C#N)C[C@@H]2C[C@@H]21)c1nnc(C)o1. The second-order valence-electron chi connectivity index (χ2n) is 12.1. The number of hydrogen-bond donors (Lipinski definition) is 3. The fourth-order valence-electron chi connectivity index (χ4n) is 7.15. The Hall–Kier alpha value is -4.42. The van der Waals surface area contributed by atoms with Crippen molar-refractivity contribution in [2.75, 3.05) is 6.54 Å². The lowest BCUT2D eigenvalue weighted by atomic mass is 9.68. The Morgan fingerprint density at radius 2 is 1.81 bits per heavy atom. The first-order chi connectivity index (χ1) is 20.1. The van der Waals surface area contributed by atoms with Crippen LogP contribution in [0.3, 0.4) is 0 Å². The molecule has 2 unspecified atom stereocenters. The highest BCUT2D eigenvalue weighted by Crippen LogP contribution is 2.50. The standard InChI is InChI=1S/C33H37N7O2/c1-18(37-17-19(2)40-27(16-34)13-26-14-30(26)40)15-33(32-39-38-21(4)42-32)28-9-7-22(20(3)35)11-23(28)5-6-24-12-25(31(36)41)8-10-29(24)33/h7-12,18,26-27,30,37H,2-3,5-6,13-15,17,35H2,1,4H3,(H2,36,41)/t18-,26+,27?,30-,33?/m0/s1. The van der Waals surface area contributed by atoms with Crippen molar-refractivity contribution in [2.45, 2.75) is 69.5 Å². The molecule has 3 aliphatic rings. The molecule has 1 saturated heterocycles. The van der Waals surface area contributed by atoms with E-state index in [-0.39, 0.29) is 12.1 Å². The molecule has 1 aliphatic heterocycles. The number of aryl methyl sites for hydroxylation is 3. The summed E-state index contributed by atoms with van der Waals surface area (Å²) in [4.78, 5) is 14.4. The Bertz CT molecular complexity index is 1570. The molecule has 0 radical (unpaired) electrons. The van der Waals surface area contributed by atoms with Crippen LogP contribution in [0.4, 0.5) is 0 Å². The third kappa shape index (κ3) is 4.66. The molecule has 1 amide bonds. The highest BCUT2D eigenvalue weighted by Gasteiger charge is 2.52. The molecular formula is C33H37N7O2. The average Bonchev–Trinajstić information content (AvgIpc) is 3.46. The van der Waals surface area contributed by atoms with E-state index in [1.165, 1.54) is 0 Å². The van der Waals surface area contributed by atoms with Crippen molar-refractivity contribution in [2.24, 2.45) is 17.4 Å². The van der Waals surface area contributed by atoms with Crippen molar-refractivity contribution in [3.05, 3.63) is 100 Å². The molecule has 3 aromatic rings. The van der Waals surface area contributed by atoms with Gasteiger partial charge in [-0.05, 0) is 91.0 Å². The van der Waals surface area contributed by atoms with Crippen LogP contribution in [0.15, 0.2) is 59.7 Å². The fourth-order valence-corrected chi connectivity index (χ4v) is 7.15. The second kappa shape index (κ2) is 10.4. The Balaban J connectivity index is 1.42. The first kappa shape index (κ1) is 27.7. The first-order valence-electron chi connectivity index (χ1n) is 14.5. The van der Waals surface area contributed by atoms with Gasteiger partial charge in [-0.1, -0.05) is 31.4 Å². The van der Waals surface area contributed by atoms with E-state index in [0.29, 0.717) is 54.4 Å². The zero-order valence-corrected chi connectivity index (χ0v) is 24.2. The van der Waals surface area contributed by atoms with Crippen LogP contribution in [0, 0.1) is 24.2 Å². The number of nitrogens with zero attached hydrogens (tertiary/aromatic N) is 4. The number of nitriles is 1. The number of piperidine rings is 1. The fraction of sp³-hybridized carbons (Fsp3) is 0.394. The minimum Gasteiger partial charge on any atom is -0.424 e. The normalized spacial score (nSPS) is 24.5. The highest BCUT2D eigenvalue weighted by molar-refractivity contribution is 5.93. The summed E-state index contributed by atoms with van der Waals surface area (Å²) in [5, 5.41) is 22.2. The molecule has 216 valence electrons. The van der Waals surface area contributed by atoms with Gasteiger partial charge in [0.15, 0.2) is 0 Å². The van der Waals surface area contributed by atoms with Crippen LogP contribution in [0.5, 0.6) is 0 Å². The van der Waals surface area contributed by atoms with Gasteiger partial charge in [0.05, 0.1) is 6.07 Å². The smallest absolute Gasteiger partial charge is 0.248 e. The number of amides is 1. The van der Waals surface area contributed by atoms with E-state index in [9.17, 15) is 10.1 Å². The summed E-state index contributed by atoms with van der Waals surface area (Å²) in [6.45, 7) is 12.8. The quantitative estimate of drug-likeness (QED) is 0.357. The van der Waals surface area contributed by atoms with Gasteiger partial charge in [-0.3, -0.25) is 4.79 Å². The largest absolute Gasteiger partial charge is 0.424 e. The predicted molar refractivity (Wildman–Crippen MR) is 160 cm³/mol. The lowest BCUT2D eigenvalue weighted by Crippen LogP contribution is -2.42. The summed E-state index contributed by atoms with van der Waals surface area (Å²) in [7, 11) is 0. The van der Waals surface area contributed by atoms with Crippen LogP contribution >= 0.6 is 0 Å². The van der Waals surface area contributed by atoms with Crippen LogP contribution in [0.1, 0.15) is 76.1 Å². The number of rotatable bonds is 9. The van der Waals surface area contributed by atoms with Gasteiger partial charge in [0.1, 0.15) is 11.5 Å². The number of carbonyl (C=O) groups is 1. The first-order valence-corrected chi connectivity index (χ1v) is 14.5. The number of aromatic nitrogens is 2. The maximum absolute atomic E-state index is 12.2. The third-order valence-corrected chi connectivity index (χ3v) is 9.23. The predicted octanol–water partition coefficient (Wildman–Crippen LogP) is 3.71. The van der Waals surface area contributed by atoms with Crippen molar-refractivity contribution in [1.29, 1.82) is 5.26 Å². The van der Waals surface area contributed by atoms with E-state index in [1.807, 2.05) is 18.2 Å². The zero-order chi connectivity index (χ0) is 29.8. The summed E-state index contributed by atoms with van der Waals surface area (Å²) < 4.78 is 6.26. The van der Waals surface area contributed by atoms with Gasteiger partial charge in [-0.25, -0.2) is 0 Å². The summed E-state index contributed by atoms with van der Waals surface area (Å²) >= 11 is 0. The molecule has 5 N–H and O–H groups in total. The summed E-state index contributed by atoms with van der Waals surface area (Å²) in [5.74, 6) is 1.12. The number of nitrogens with two attached hydrogens (primary N) is 2. The Labute approximate surface area is 246 Å². The molecule has 1 aromatic heterocycles. The Kier molecular flexibility index (Phi) is 6.90. The molecule has 2 fully saturated rings. The van der Waals surface area contributed by atoms with E-state index in [2.05, 4.69) is 58.7 Å². The highest BCUT2D eigenvalue weighted by atomic mass is 16.4. The van der Waals surface area contributed by atoms with Crippen LogP contribution < -0.4 is 16.8 Å². The number of nitrogens with one attached hydrogen (secondary N) is 1. The van der Waals surface area contributed by atoms with E-state index in [0.717, 1.165) is 52.8 Å². The number of carbonyl (C=O) groups excluding carboxylic acids is 1. The molecule has 5 atom stereocenters. The average molecular weight is 564 g/mol. The molecule has 42 heavy (non-hydrogen) atoms. The topological polar surface area (TPSA) is 147 Å². The van der Waals surface area contributed by atoms with Crippen LogP contribution in [-0.4, -0.2) is 45.7 Å². The van der Waals surface area contributed by atoms with Gasteiger partial charge >= 0.3 is 0 Å². The lowest BCUT2D eigenvalue weighted by molar-refractivity contribution is 0.1000. The van der Waals surface area contributed by atoms with E-state index >= 15 is 0 Å². The number of hydrogen-bond acceptors (Lipinski definition) is 8. The van der Waals surface area contributed by atoms with Crippen molar-refractivity contribution >= 4 is 11.6 Å². The van der Waals surface area contributed by atoms with Crippen LogP contribution in [0.2, 0.25) is 0 Å². The van der Waals surface area contributed by atoms with Crippen molar-refractivity contribution in [3.63, 3.8) is 0 Å². The Morgan fingerprint density at radius 3 is 2.40 bits per heavy atom. The second-order valence-corrected chi connectivity index (χ2v) is 12.1. The summed E-state index contributed by atoms with van der Waals surface area (Å²) in [6, 6.07) is 14.6. The molecule has 2 aliphatic carbocycles. The van der Waals surface area contributed by atoms with Gasteiger partial charge in [-0.15, -0.1) is 10.2 Å². The Morgan fingerprint density at radius 1 is 1.14 bits per heavy atom. The molecule has 0 bridgehead atoms. The summed E-state index contributed by atoms with van der Waals surface area (Å²) in [5.41, 5.74) is 17.9. The summed E-state index contributed by atoms with van der Waals surface area (Å²) in [6.07, 6.45) is 4.09. The van der Waals surface area contributed by atoms with Crippen molar-refractivity contribution < 1.29 is 9.21 Å². The molecule has 6 rings (SSSR count). The van der Waals surface area contributed by atoms with Gasteiger partial charge in [0, 0.05) is 42.5 Å². The van der Waals surface area contributed by atoms with Crippen LogP contribution in [-0.2, 0) is 18.3 Å². The van der Waals surface area contributed by atoms with E-state index in [4.69, 9.17) is 15.9 Å². The van der Waals surface area contributed by atoms with Gasteiger partial charge in [-0.2, -0.15) is 5.26 Å². The lowest BCUT2D eigenvalue weighted by Gasteiger charge is -2.36. The monoisotopic (exact) mass is 563 g/mol. The number of fused-ring (bicyclic) bond motifs is 3.